The summed E-state index contributed by atoms with van der Waals surface area (Å²) >= 11 is 0. The van der Waals surface area contributed by atoms with Crippen LogP contribution in [0.4, 0.5) is 5.69 Å². The highest BCUT2D eigenvalue weighted by atomic mass is 16.2. The Balaban J connectivity index is 1.55. The monoisotopic (exact) mass is 301 g/mol. The molecule has 3 rings (SSSR count). The molecule has 0 aromatic heterocycles. The summed E-state index contributed by atoms with van der Waals surface area (Å²) in [5.41, 5.74) is 1.24. The molecule has 0 aliphatic heterocycles. The van der Waals surface area contributed by atoms with E-state index in [1.807, 2.05) is 18.2 Å². The Bertz CT molecular complexity index is 553. The summed E-state index contributed by atoms with van der Waals surface area (Å²) in [7, 11) is 1.60. The van der Waals surface area contributed by atoms with Crippen molar-refractivity contribution in [2.75, 3.05) is 18.9 Å². The predicted octanol–water partition coefficient (Wildman–Crippen LogP) is 1.76. The first-order chi connectivity index (χ1) is 10.7. The van der Waals surface area contributed by atoms with Gasteiger partial charge in [0.15, 0.2) is 0 Å². The van der Waals surface area contributed by atoms with Crippen molar-refractivity contribution in [3.05, 3.63) is 29.8 Å². The van der Waals surface area contributed by atoms with Crippen LogP contribution in [0, 0.1) is 11.8 Å². The molecule has 3 N–H and O–H groups in total. The van der Waals surface area contributed by atoms with Crippen LogP contribution < -0.4 is 16.0 Å². The Morgan fingerprint density at radius 2 is 1.77 bits per heavy atom. The Hall–Kier alpha value is -2.04. The molecule has 2 aliphatic rings. The summed E-state index contributed by atoms with van der Waals surface area (Å²) in [6.45, 7) is 0.198. The summed E-state index contributed by atoms with van der Waals surface area (Å²) in [6, 6.07) is 7.59. The van der Waals surface area contributed by atoms with Crippen LogP contribution in [-0.2, 0) is 4.79 Å². The second-order valence-electron chi connectivity index (χ2n) is 6.25. The summed E-state index contributed by atoms with van der Waals surface area (Å²) in [5, 5.41) is 8.86. The van der Waals surface area contributed by atoms with Crippen molar-refractivity contribution in [3.63, 3.8) is 0 Å². The van der Waals surface area contributed by atoms with Gasteiger partial charge in [-0.1, -0.05) is 12.1 Å². The van der Waals surface area contributed by atoms with Crippen molar-refractivity contribution in [3.8, 4) is 0 Å². The number of benzene rings is 1. The van der Waals surface area contributed by atoms with Crippen molar-refractivity contribution in [2.45, 2.75) is 31.7 Å². The van der Waals surface area contributed by atoms with Crippen LogP contribution in [0.25, 0.3) is 0 Å². The van der Waals surface area contributed by atoms with E-state index in [9.17, 15) is 9.59 Å². The first-order valence-electron chi connectivity index (χ1n) is 8.03. The molecule has 1 aromatic carbocycles. The van der Waals surface area contributed by atoms with Crippen molar-refractivity contribution < 1.29 is 9.59 Å². The summed E-state index contributed by atoms with van der Waals surface area (Å²) in [4.78, 5) is 24.0. The fourth-order valence-electron chi connectivity index (χ4n) is 2.91. The van der Waals surface area contributed by atoms with Gasteiger partial charge < -0.3 is 16.0 Å². The molecule has 5 heteroatoms. The molecule has 0 spiro atoms. The Morgan fingerprint density at radius 1 is 1.14 bits per heavy atom. The zero-order chi connectivity index (χ0) is 15.5. The summed E-state index contributed by atoms with van der Waals surface area (Å²) < 4.78 is 0. The smallest absolute Gasteiger partial charge is 0.253 e. The number of nitrogens with one attached hydrogen (secondary N) is 3. The fraction of sp³-hybridized carbons (Fsp3) is 0.529. The molecule has 0 bridgehead atoms. The minimum absolute atomic E-state index is 0.00973. The standard InChI is InChI=1S/C17H23N3O2/c1-18-17(22)13-4-2-3-5-14(13)19-10-15(21)20-16(11-6-7-11)12-8-9-12/h2-5,11-12,16,19H,6-10H2,1H3,(H,18,22)(H,20,21). The van der Waals surface area contributed by atoms with Crippen molar-refractivity contribution >= 4 is 17.5 Å². The van der Waals surface area contributed by atoms with E-state index in [0.717, 1.165) is 0 Å². The minimum atomic E-state index is -0.155. The quantitative estimate of drug-likeness (QED) is 0.719. The Morgan fingerprint density at radius 3 is 2.36 bits per heavy atom. The first kappa shape index (κ1) is 14.9. The maximum absolute atomic E-state index is 12.2. The minimum Gasteiger partial charge on any atom is -0.376 e. The number of rotatable bonds is 7. The summed E-state index contributed by atoms with van der Waals surface area (Å²) in [5.74, 6) is 1.23. The van der Waals surface area contributed by atoms with Gasteiger partial charge in [0, 0.05) is 18.8 Å². The van der Waals surface area contributed by atoms with Crippen LogP contribution in [0.3, 0.4) is 0 Å². The number of carbonyl (C=O) groups excluding carboxylic acids is 2. The van der Waals surface area contributed by atoms with Gasteiger partial charge in [0.05, 0.1) is 12.1 Å². The number of anilines is 1. The van der Waals surface area contributed by atoms with Crippen LogP contribution in [0.1, 0.15) is 36.0 Å². The fourth-order valence-corrected chi connectivity index (χ4v) is 2.91. The molecule has 2 aliphatic carbocycles. The van der Waals surface area contributed by atoms with Crippen LogP contribution in [0.2, 0.25) is 0 Å². The van der Waals surface area contributed by atoms with Gasteiger partial charge in [-0.2, -0.15) is 0 Å². The third-order valence-electron chi connectivity index (χ3n) is 4.43. The predicted molar refractivity (Wildman–Crippen MR) is 85.7 cm³/mol. The van der Waals surface area contributed by atoms with E-state index < -0.39 is 0 Å². The maximum atomic E-state index is 12.2. The largest absolute Gasteiger partial charge is 0.376 e. The zero-order valence-electron chi connectivity index (χ0n) is 12.9. The lowest BCUT2D eigenvalue weighted by Gasteiger charge is -2.18. The average molecular weight is 301 g/mol. The number of carbonyl (C=O) groups is 2. The van der Waals surface area contributed by atoms with Crippen molar-refractivity contribution in [1.29, 1.82) is 0 Å². The van der Waals surface area contributed by atoms with Gasteiger partial charge in [-0.15, -0.1) is 0 Å². The Kier molecular flexibility index (Phi) is 4.32. The first-order valence-corrected chi connectivity index (χ1v) is 8.03. The van der Waals surface area contributed by atoms with E-state index in [1.54, 1.807) is 13.1 Å². The molecular formula is C17H23N3O2. The van der Waals surface area contributed by atoms with E-state index in [-0.39, 0.29) is 18.4 Å². The number of hydrogen-bond donors (Lipinski definition) is 3. The normalized spacial score (nSPS) is 17.2. The number of hydrogen-bond acceptors (Lipinski definition) is 3. The lowest BCUT2D eigenvalue weighted by atomic mass is 10.1. The molecule has 0 saturated heterocycles. The van der Waals surface area contributed by atoms with Crippen molar-refractivity contribution in [2.24, 2.45) is 11.8 Å². The lowest BCUT2D eigenvalue weighted by Crippen LogP contribution is -2.41. The molecule has 1 aromatic rings. The zero-order valence-corrected chi connectivity index (χ0v) is 12.9. The van der Waals surface area contributed by atoms with Gasteiger partial charge in [-0.05, 0) is 49.7 Å². The van der Waals surface area contributed by atoms with E-state index in [1.165, 1.54) is 25.7 Å². The molecular weight excluding hydrogens is 278 g/mol. The molecule has 2 fully saturated rings. The van der Waals surface area contributed by atoms with Crippen LogP contribution in [0.15, 0.2) is 24.3 Å². The molecule has 0 heterocycles. The van der Waals surface area contributed by atoms with E-state index in [0.29, 0.717) is 29.1 Å². The summed E-state index contributed by atoms with van der Waals surface area (Å²) in [6.07, 6.45) is 4.98. The molecule has 0 atom stereocenters. The van der Waals surface area contributed by atoms with Gasteiger partial charge in [-0.3, -0.25) is 9.59 Å². The third-order valence-corrected chi connectivity index (χ3v) is 4.43. The molecule has 0 unspecified atom stereocenters. The lowest BCUT2D eigenvalue weighted by molar-refractivity contribution is -0.120. The average Bonchev–Trinajstić information content (AvgIpc) is 3.42. The topological polar surface area (TPSA) is 70.2 Å². The van der Waals surface area contributed by atoms with Gasteiger partial charge in [0.2, 0.25) is 5.91 Å². The van der Waals surface area contributed by atoms with Gasteiger partial charge >= 0.3 is 0 Å². The Labute approximate surface area is 130 Å². The number of amides is 2. The van der Waals surface area contributed by atoms with Gasteiger partial charge in [0.1, 0.15) is 0 Å². The molecule has 118 valence electrons. The molecule has 2 amide bonds. The highest BCUT2D eigenvalue weighted by molar-refractivity contribution is 5.99. The van der Waals surface area contributed by atoms with Crippen LogP contribution in [-0.4, -0.2) is 31.4 Å². The maximum Gasteiger partial charge on any atom is 0.253 e. The van der Waals surface area contributed by atoms with E-state index in [4.69, 9.17) is 0 Å². The molecule has 5 nitrogen and oxygen atoms in total. The second-order valence-corrected chi connectivity index (χ2v) is 6.25. The molecule has 0 radical (unpaired) electrons. The second kappa shape index (κ2) is 6.38. The van der Waals surface area contributed by atoms with E-state index in [2.05, 4.69) is 16.0 Å². The van der Waals surface area contributed by atoms with E-state index >= 15 is 0 Å². The van der Waals surface area contributed by atoms with Gasteiger partial charge in [0.25, 0.3) is 5.91 Å². The van der Waals surface area contributed by atoms with Crippen LogP contribution in [0.5, 0.6) is 0 Å². The van der Waals surface area contributed by atoms with Gasteiger partial charge in [-0.25, -0.2) is 0 Å². The third kappa shape index (κ3) is 3.59. The SMILES string of the molecule is CNC(=O)c1ccccc1NCC(=O)NC(C1CC1)C1CC1. The number of para-hydroxylation sites is 1. The molecule has 2 saturated carbocycles. The highest BCUT2D eigenvalue weighted by Gasteiger charge is 2.42. The van der Waals surface area contributed by atoms with Crippen LogP contribution >= 0.6 is 0 Å². The van der Waals surface area contributed by atoms with Crippen molar-refractivity contribution in [1.82, 2.24) is 10.6 Å². The highest BCUT2D eigenvalue weighted by Crippen LogP contribution is 2.44. The molecule has 22 heavy (non-hydrogen) atoms.